The molecule has 1 aliphatic heterocycles. The second-order valence-electron chi connectivity index (χ2n) is 3.37. The summed E-state index contributed by atoms with van der Waals surface area (Å²) in [5.41, 5.74) is 1.10. The highest BCUT2D eigenvalue weighted by Gasteiger charge is 2.24. The van der Waals surface area contributed by atoms with Crippen molar-refractivity contribution in [2.24, 2.45) is 0 Å². The molecule has 0 unspecified atom stereocenters. The minimum absolute atomic E-state index is 0.449. The van der Waals surface area contributed by atoms with Crippen LogP contribution in [0.25, 0.3) is 0 Å². The van der Waals surface area contributed by atoms with E-state index in [1.807, 2.05) is 30.3 Å². The van der Waals surface area contributed by atoms with Gasteiger partial charge in [-0.1, -0.05) is 30.3 Å². The highest BCUT2D eigenvalue weighted by molar-refractivity contribution is 5.15. The number of aliphatic hydroxyl groups is 1. The Balaban J connectivity index is 1.90. The average molecular weight is 194 g/mol. The molecule has 2 rings (SSSR count). The van der Waals surface area contributed by atoms with Crippen LogP contribution in [0.3, 0.4) is 0 Å². The van der Waals surface area contributed by atoms with Crippen molar-refractivity contribution in [2.45, 2.75) is 18.8 Å². The minimum Gasteiger partial charge on any atom is -0.387 e. The van der Waals surface area contributed by atoms with E-state index in [2.05, 4.69) is 0 Å². The molecule has 76 valence electrons. The van der Waals surface area contributed by atoms with Crippen molar-refractivity contribution >= 4 is 0 Å². The Kier molecular flexibility index (Phi) is 3.14. The first-order chi connectivity index (χ1) is 6.86. The fraction of sp³-hybridized carbons (Fsp3) is 0.455. The van der Waals surface area contributed by atoms with E-state index in [1.54, 1.807) is 0 Å². The molecular weight excluding hydrogens is 180 g/mol. The summed E-state index contributed by atoms with van der Waals surface area (Å²) in [6.07, 6.45) is -0.444. The van der Waals surface area contributed by atoms with Crippen LogP contribution in [0.5, 0.6) is 0 Å². The number of hydrogen-bond donors (Lipinski definition) is 1. The van der Waals surface area contributed by atoms with Crippen molar-refractivity contribution in [3.05, 3.63) is 35.9 Å². The molecule has 3 heteroatoms. The van der Waals surface area contributed by atoms with Crippen LogP contribution in [0.4, 0.5) is 0 Å². The molecule has 1 atom stereocenters. The van der Waals surface area contributed by atoms with Crippen LogP contribution in [-0.4, -0.2) is 30.7 Å². The van der Waals surface area contributed by atoms with Crippen molar-refractivity contribution in [3.63, 3.8) is 0 Å². The van der Waals surface area contributed by atoms with Gasteiger partial charge in [-0.2, -0.15) is 0 Å². The molecule has 14 heavy (non-hydrogen) atoms. The Morgan fingerprint density at radius 2 is 1.86 bits per heavy atom. The first-order valence-corrected chi connectivity index (χ1v) is 4.81. The Labute approximate surface area is 83.3 Å². The van der Waals surface area contributed by atoms with Crippen molar-refractivity contribution in [1.29, 1.82) is 0 Å². The predicted octanol–water partition coefficient (Wildman–Crippen LogP) is 0.963. The lowest BCUT2D eigenvalue weighted by molar-refractivity contribution is -0.119. The first-order valence-electron chi connectivity index (χ1n) is 4.81. The third kappa shape index (κ3) is 2.32. The SMILES string of the molecule is O[C@@H](Cc1ccccc1)C1OCCO1. The van der Waals surface area contributed by atoms with Gasteiger partial charge in [-0.25, -0.2) is 0 Å². The van der Waals surface area contributed by atoms with Crippen LogP contribution in [0.1, 0.15) is 5.56 Å². The number of hydrogen-bond acceptors (Lipinski definition) is 3. The van der Waals surface area contributed by atoms with E-state index in [1.165, 1.54) is 0 Å². The lowest BCUT2D eigenvalue weighted by Crippen LogP contribution is -2.28. The summed E-state index contributed by atoms with van der Waals surface area (Å²) in [6, 6.07) is 9.84. The van der Waals surface area contributed by atoms with E-state index in [0.717, 1.165) is 5.56 Å². The van der Waals surface area contributed by atoms with Gasteiger partial charge in [-0.3, -0.25) is 0 Å². The van der Waals surface area contributed by atoms with E-state index >= 15 is 0 Å². The van der Waals surface area contributed by atoms with Gasteiger partial charge in [-0.15, -0.1) is 0 Å². The predicted molar refractivity (Wildman–Crippen MR) is 51.8 cm³/mol. The largest absolute Gasteiger partial charge is 0.387 e. The molecule has 3 nitrogen and oxygen atoms in total. The van der Waals surface area contributed by atoms with Crippen LogP contribution in [0, 0.1) is 0 Å². The third-order valence-corrected chi connectivity index (χ3v) is 2.25. The van der Waals surface area contributed by atoms with Gasteiger partial charge in [0.2, 0.25) is 0 Å². The Bertz CT molecular complexity index is 267. The van der Waals surface area contributed by atoms with Crippen LogP contribution < -0.4 is 0 Å². The second kappa shape index (κ2) is 4.55. The zero-order valence-corrected chi connectivity index (χ0v) is 7.93. The lowest BCUT2D eigenvalue weighted by Gasteiger charge is -2.16. The summed E-state index contributed by atoms with van der Waals surface area (Å²) in [6.45, 7) is 1.16. The van der Waals surface area contributed by atoms with Crippen LogP contribution in [0.15, 0.2) is 30.3 Å². The van der Waals surface area contributed by atoms with Gasteiger partial charge in [0, 0.05) is 6.42 Å². The zero-order valence-electron chi connectivity index (χ0n) is 7.93. The van der Waals surface area contributed by atoms with Crippen molar-refractivity contribution in [1.82, 2.24) is 0 Å². The van der Waals surface area contributed by atoms with Gasteiger partial charge < -0.3 is 14.6 Å². The van der Waals surface area contributed by atoms with Gasteiger partial charge in [0.05, 0.1) is 13.2 Å². The Hall–Kier alpha value is -0.900. The molecule has 1 N–H and O–H groups in total. The molecule has 0 saturated carbocycles. The summed E-state index contributed by atoms with van der Waals surface area (Å²) < 4.78 is 10.4. The lowest BCUT2D eigenvalue weighted by atomic mass is 10.1. The molecule has 1 aromatic rings. The summed E-state index contributed by atoms with van der Waals surface area (Å²) in [4.78, 5) is 0. The highest BCUT2D eigenvalue weighted by atomic mass is 16.7. The fourth-order valence-corrected chi connectivity index (χ4v) is 1.55. The second-order valence-corrected chi connectivity index (χ2v) is 3.37. The number of ether oxygens (including phenoxy) is 2. The van der Waals surface area contributed by atoms with Crippen LogP contribution >= 0.6 is 0 Å². The molecule has 1 fully saturated rings. The van der Waals surface area contributed by atoms with E-state index in [9.17, 15) is 5.11 Å². The molecule has 0 radical (unpaired) electrons. The first kappa shape index (κ1) is 9.65. The summed E-state index contributed by atoms with van der Waals surface area (Å²) in [7, 11) is 0. The van der Waals surface area contributed by atoms with Gasteiger partial charge in [-0.05, 0) is 5.56 Å². The minimum atomic E-state index is -0.570. The van der Waals surface area contributed by atoms with Crippen LogP contribution in [-0.2, 0) is 15.9 Å². The Morgan fingerprint density at radius 3 is 2.50 bits per heavy atom. The van der Waals surface area contributed by atoms with E-state index < -0.39 is 12.4 Å². The Morgan fingerprint density at radius 1 is 1.21 bits per heavy atom. The molecule has 0 bridgehead atoms. The molecule has 1 saturated heterocycles. The molecule has 0 spiro atoms. The maximum absolute atomic E-state index is 9.75. The summed E-state index contributed by atoms with van der Waals surface area (Å²) in [5.74, 6) is 0. The maximum atomic E-state index is 9.75. The third-order valence-electron chi connectivity index (χ3n) is 2.25. The molecular formula is C11H14O3. The monoisotopic (exact) mass is 194 g/mol. The smallest absolute Gasteiger partial charge is 0.183 e. The molecule has 1 aliphatic rings. The van der Waals surface area contributed by atoms with Crippen molar-refractivity contribution in [2.75, 3.05) is 13.2 Å². The van der Waals surface area contributed by atoms with E-state index in [4.69, 9.17) is 9.47 Å². The number of benzene rings is 1. The molecule has 0 amide bonds. The molecule has 1 aromatic carbocycles. The number of rotatable bonds is 3. The standard InChI is InChI=1S/C11H14O3/c12-10(11-13-6-7-14-11)8-9-4-2-1-3-5-9/h1-5,10-12H,6-8H2/t10-/m0/s1. The van der Waals surface area contributed by atoms with E-state index in [0.29, 0.717) is 19.6 Å². The van der Waals surface area contributed by atoms with Crippen molar-refractivity contribution < 1.29 is 14.6 Å². The highest BCUT2D eigenvalue weighted by Crippen LogP contribution is 2.13. The topological polar surface area (TPSA) is 38.7 Å². The fourth-order valence-electron chi connectivity index (χ4n) is 1.55. The molecule has 0 aliphatic carbocycles. The van der Waals surface area contributed by atoms with Gasteiger partial charge in [0.15, 0.2) is 6.29 Å². The normalized spacial score (nSPS) is 19.8. The number of aliphatic hydroxyl groups excluding tert-OH is 1. The molecule has 1 heterocycles. The van der Waals surface area contributed by atoms with Gasteiger partial charge in [0.25, 0.3) is 0 Å². The molecule has 0 aromatic heterocycles. The van der Waals surface area contributed by atoms with Crippen molar-refractivity contribution in [3.8, 4) is 0 Å². The zero-order chi connectivity index (χ0) is 9.80. The van der Waals surface area contributed by atoms with Gasteiger partial charge >= 0.3 is 0 Å². The quantitative estimate of drug-likeness (QED) is 0.779. The average Bonchev–Trinajstić information content (AvgIpc) is 2.72. The van der Waals surface area contributed by atoms with Crippen LogP contribution in [0.2, 0.25) is 0 Å². The summed E-state index contributed by atoms with van der Waals surface area (Å²) in [5, 5.41) is 9.75. The summed E-state index contributed by atoms with van der Waals surface area (Å²) >= 11 is 0. The van der Waals surface area contributed by atoms with E-state index in [-0.39, 0.29) is 0 Å². The maximum Gasteiger partial charge on any atom is 0.183 e. The van der Waals surface area contributed by atoms with Gasteiger partial charge in [0.1, 0.15) is 6.10 Å².